The summed E-state index contributed by atoms with van der Waals surface area (Å²) in [5.41, 5.74) is 0. The summed E-state index contributed by atoms with van der Waals surface area (Å²) in [5, 5.41) is 9.40. The standard InChI is InChI=1S/C12H16ClN3O3/c1-19-12-14-7-9(13)11(15-12)16-5-3-2-4-8(16)6-10(17)18/h7-8H,2-6H2,1H3,(H,17,18). The van der Waals surface area contributed by atoms with Crippen LogP contribution in [0.5, 0.6) is 6.01 Å². The molecule has 2 rings (SSSR count). The maximum absolute atomic E-state index is 10.9. The van der Waals surface area contributed by atoms with Gasteiger partial charge in [-0.2, -0.15) is 4.98 Å². The summed E-state index contributed by atoms with van der Waals surface area (Å²) < 4.78 is 4.99. The summed E-state index contributed by atoms with van der Waals surface area (Å²) in [4.78, 5) is 21.1. The maximum Gasteiger partial charge on any atom is 0.318 e. The predicted octanol–water partition coefficient (Wildman–Crippen LogP) is 1.97. The fraction of sp³-hybridized carbons (Fsp3) is 0.583. The van der Waals surface area contributed by atoms with Crippen LogP contribution in [0.1, 0.15) is 25.7 Å². The van der Waals surface area contributed by atoms with Crippen LogP contribution in [-0.2, 0) is 4.79 Å². The summed E-state index contributed by atoms with van der Waals surface area (Å²) >= 11 is 6.12. The Morgan fingerprint density at radius 2 is 2.42 bits per heavy atom. The Balaban J connectivity index is 2.28. The third-order valence-electron chi connectivity index (χ3n) is 3.20. The van der Waals surface area contributed by atoms with Crippen LogP contribution in [0.4, 0.5) is 5.82 Å². The molecule has 1 N–H and O–H groups in total. The molecule has 2 heterocycles. The van der Waals surface area contributed by atoms with Crippen molar-refractivity contribution in [3.63, 3.8) is 0 Å². The van der Waals surface area contributed by atoms with Crippen molar-refractivity contribution < 1.29 is 14.6 Å². The van der Waals surface area contributed by atoms with Crippen molar-refractivity contribution in [3.8, 4) is 6.01 Å². The molecule has 1 unspecified atom stereocenters. The fourth-order valence-electron chi connectivity index (χ4n) is 2.34. The van der Waals surface area contributed by atoms with Crippen LogP contribution in [0.3, 0.4) is 0 Å². The van der Waals surface area contributed by atoms with E-state index in [1.807, 2.05) is 4.90 Å². The lowest BCUT2D eigenvalue weighted by Gasteiger charge is -2.36. The molecular formula is C12H16ClN3O3. The second-order valence-corrected chi connectivity index (χ2v) is 4.88. The van der Waals surface area contributed by atoms with E-state index in [0.29, 0.717) is 10.8 Å². The first-order chi connectivity index (χ1) is 9.11. The minimum Gasteiger partial charge on any atom is -0.481 e. The van der Waals surface area contributed by atoms with E-state index in [0.717, 1.165) is 25.8 Å². The summed E-state index contributed by atoms with van der Waals surface area (Å²) in [7, 11) is 1.48. The van der Waals surface area contributed by atoms with E-state index in [1.54, 1.807) is 0 Å². The Kier molecular flexibility index (Phi) is 4.42. The SMILES string of the molecule is COc1ncc(Cl)c(N2CCCCC2CC(=O)O)n1. The van der Waals surface area contributed by atoms with Crippen LogP contribution in [0, 0.1) is 0 Å². The predicted molar refractivity (Wildman–Crippen MR) is 70.8 cm³/mol. The minimum absolute atomic E-state index is 0.0802. The molecule has 0 aliphatic carbocycles. The quantitative estimate of drug-likeness (QED) is 0.911. The van der Waals surface area contributed by atoms with Crippen molar-refractivity contribution in [1.29, 1.82) is 0 Å². The Morgan fingerprint density at radius 3 is 3.11 bits per heavy atom. The van der Waals surface area contributed by atoms with Crippen molar-refractivity contribution in [3.05, 3.63) is 11.2 Å². The Labute approximate surface area is 116 Å². The van der Waals surface area contributed by atoms with Crippen molar-refractivity contribution in [2.24, 2.45) is 0 Å². The molecule has 1 aliphatic rings. The van der Waals surface area contributed by atoms with Crippen molar-refractivity contribution in [1.82, 2.24) is 9.97 Å². The van der Waals surface area contributed by atoms with Gasteiger partial charge in [-0.05, 0) is 19.3 Å². The summed E-state index contributed by atoms with van der Waals surface area (Å²) in [6.07, 6.45) is 4.42. The van der Waals surface area contributed by atoms with Gasteiger partial charge in [-0.1, -0.05) is 11.6 Å². The number of aromatic nitrogens is 2. The summed E-state index contributed by atoms with van der Waals surface area (Å²) in [5.74, 6) is -0.256. The third kappa shape index (κ3) is 3.26. The molecule has 1 aromatic heterocycles. The highest BCUT2D eigenvalue weighted by Crippen LogP contribution is 2.31. The highest BCUT2D eigenvalue weighted by Gasteiger charge is 2.27. The summed E-state index contributed by atoms with van der Waals surface area (Å²) in [6.45, 7) is 0.748. The largest absolute Gasteiger partial charge is 0.481 e. The van der Waals surface area contributed by atoms with Gasteiger partial charge in [-0.3, -0.25) is 4.79 Å². The smallest absolute Gasteiger partial charge is 0.318 e. The molecule has 0 aromatic carbocycles. The first-order valence-corrected chi connectivity index (χ1v) is 6.54. The maximum atomic E-state index is 10.9. The molecule has 0 amide bonds. The number of carbonyl (C=O) groups is 1. The minimum atomic E-state index is -0.811. The zero-order valence-corrected chi connectivity index (χ0v) is 11.4. The zero-order chi connectivity index (χ0) is 13.8. The van der Waals surface area contributed by atoms with Gasteiger partial charge in [0.05, 0.1) is 19.7 Å². The number of rotatable bonds is 4. The molecule has 0 radical (unpaired) electrons. The monoisotopic (exact) mass is 285 g/mol. The average Bonchev–Trinajstić information content (AvgIpc) is 2.40. The number of halogens is 1. The number of aliphatic carboxylic acids is 1. The number of methoxy groups -OCH3 is 1. The van der Waals surface area contributed by atoms with Gasteiger partial charge in [-0.15, -0.1) is 0 Å². The van der Waals surface area contributed by atoms with Crippen molar-refractivity contribution >= 4 is 23.4 Å². The van der Waals surface area contributed by atoms with Crippen LogP contribution in [-0.4, -0.2) is 40.7 Å². The number of piperidine rings is 1. The highest BCUT2D eigenvalue weighted by molar-refractivity contribution is 6.32. The van der Waals surface area contributed by atoms with Gasteiger partial charge in [0.15, 0.2) is 5.82 Å². The fourth-order valence-corrected chi connectivity index (χ4v) is 2.54. The topological polar surface area (TPSA) is 75.5 Å². The van der Waals surface area contributed by atoms with E-state index in [1.165, 1.54) is 13.3 Å². The van der Waals surface area contributed by atoms with Gasteiger partial charge in [0.25, 0.3) is 0 Å². The normalized spacial score (nSPS) is 19.3. The number of nitrogens with zero attached hydrogens (tertiary/aromatic N) is 3. The molecule has 19 heavy (non-hydrogen) atoms. The van der Waals surface area contributed by atoms with Gasteiger partial charge >= 0.3 is 12.0 Å². The lowest BCUT2D eigenvalue weighted by atomic mass is 9.99. The number of carboxylic acids is 1. The number of carboxylic acid groups (broad SMARTS) is 1. The average molecular weight is 286 g/mol. The molecular weight excluding hydrogens is 270 g/mol. The lowest BCUT2D eigenvalue weighted by Crippen LogP contribution is -2.41. The second-order valence-electron chi connectivity index (χ2n) is 4.47. The zero-order valence-electron chi connectivity index (χ0n) is 10.7. The van der Waals surface area contributed by atoms with E-state index in [9.17, 15) is 4.79 Å². The molecule has 7 heteroatoms. The molecule has 1 fully saturated rings. The molecule has 0 spiro atoms. The van der Waals surface area contributed by atoms with Crippen LogP contribution in [0.25, 0.3) is 0 Å². The number of hydrogen-bond donors (Lipinski definition) is 1. The molecule has 1 aliphatic heterocycles. The third-order valence-corrected chi connectivity index (χ3v) is 3.46. The molecule has 1 atom stereocenters. The first kappa shape index (κ1) is 13.9. The molecule has 104 valence electrons. The first-order valence-electron chi connectivity index (χ1n) is 6.16. The van der Waals surface area contributed by atoms with Crippen LogP contribution < -0.4 is 9.64 Å². The van der Waals surface area contributed by atoms with Crippen LogP contribution in [0.2, 0.25) is 5.02 Å². The number of anilines is 1. The van der Waals surface area contributed by atoms with E-state index in [2.05, 4.69) is 9.97 Å². The second kappa shape index (κ2) is 6.06. The van der Waals surface area contributed by atoms with Gasteiger partial charge < -0.3 is 14.7 Å². The van der Waals surface area contributed by atoms with E-state index in [4.69, 9.17) is 21.4 Å². The molecule has 0 bridgehead atoms. The van der Waals surface area contributed by atoms with E-state index < -0.39 is 5.97 Å². The molecule has 0 saturated carbocycles. The van der Waals surface area contributed by atoms with Crippen LogP contribution in [0.15, 0.2) is 6.20 Å². The highest BCUT2D eigenvalue weighted by atomic mass is 35.5. The van der Waals surface area contributed by atoms with Crippen molar-refractivity contribution in [2.75, 3.05) is 18.6 Å². The number of ether oxygens (including phenoxy) is 1. The van der Waals surface area contributed by atoms with Gasteiger partial charge in [0, 0.05) is 12.6 Å². The van der Waals surface area contributed by atoms with Gasteiger partial charge in [0.2, 0.25) is 0 Å². The van der Waals surface area contributed by atoms with Gasteiger partial charge in [0.1, 0.15) is 5.02 Å². The molecule has 1 aromatic rings. The Morgan fingerprint density at radius 1 is 1.63 bits per heavy atom. The van der Waals surface area contributed by atoms with Gasteiger partial charge in [-0.25, -0.2) is 4.98 Å². The number of hydrogen-bond acceptors (Lipinski definition) is 5. The molecule has 1 saturated heterocycles. The lowest BCUT2D eigenvalue weighted by molar-refractivity contribution is -0.137. The van der Waals surface area contributed by atoms with E-state index in [-0.39, 0.29) is 18.5 Å². The Bertz CT molecular complexity index is 470. The van der Waals surface area contributed by atoms with E-state index >= 15 is 0 Å². The Hall–Kier alpha value is -1.56. The van der Waals surface area contributed by atoms with Crippen molar-refractivity contribution in [2.45, 2.75) is 31.7 Å². The van der Waals surface area contributed by atoms with Crippen LogP contribution >= 0.6 is 11.6 Å². The molecule has 6 nitrogen and oxygen atoms in total. The summed E-state index contributed by atoms with van der Waals surface area (Å²) in [6, 6.07) is 0.155.